The summed E-state index contributed by atoms with van der Waals surface area (Å²) in [4.78, 5) is 32.5. The number of carbonyl (C=O) groups excluding carboxylic acids is 2. The Labute approximate surface area is 145 Å². The molecule has 5 nitrogen and oxygen atoms in total. The van der Waals surface area contributed by atoms with E-state index in [0.29, 0.717) is 25.8 Å². The van der Waals surface area contributed by atoms with Gasteiger partial charge in [-0.2, -0.15) is 0 Å². The highest BCUT2D eigenvalue weighted by molar-refractivity contribution is 5.97. The maximum Gasteiger partial charge on any atom is 0.257 e. The summed E-state index contributed by atoms with van der Waals surface area (Å²) in [7, 11) is 0. The number of benzene rings is 1. The lowest BCUT2D eigenvalue weighted by molar-refractivity contribution is -0.120. The highest BCUT2D eigenvalue weighted by Crippen LogP contribution is 2.35. The normalized spacial score (nSPS) is 22.8. The molecule has 0 bridgehead atoms. The molecular formula is C19H18FN3O2. The molecule has 2 saturated heterocycles. The minimum absolute atomic E-state index is 0.0406. The SMILES string of the molecule is O=C(c1ccncc1F)N1CC[C@@H]2[C@H]1CCC(=O)N2c1ccccc1. The number of piperidine rings is 1. The van der Waals surface area contributed by atoms with Crippen molar-refractivity contribution in [1.29, 1.82) is 0 Å². The van der Waals surface area contributed by atoms with Crippen LogP contribution in [0.4, 0.5) is 10.1 Å². The van der Waals surface area contributed by atoms with Crippen LogP contribution in [0.2, 0.25) is 0 Å². The summed E-state index contributed by atoms with van der Waals surface area (Å²) in [6, 6.07) is 10.8. The lowest BCUT2D eigenvalue weighted by Gasteiger charge is -2.39. The van der Waals surface area contributed by atoms with Gasteiger partial charge in [0.05, 0.1) is 23.8 Å². The molecule has 0 unspecified atom stereocenters. The van der Waals surface area contributed by atoms with Crippen molar-refractivity contribution in [2.45, 2.75) is 31.3 Å². The number of likely N-dealkylation sites (tertiary alicyclic amines) is 1. The zero-order valence-corrected chi connectivity index (χ0v) is 13.6. The van der Waals surface area contributed by atoms with Crippen molar-refractivity contribution in [2.24, 2.45) is 0 Å². The first-order valence-corrected chi connectivity index (χ1v) is 8.44. The average molecular weight is 339 g/mol. The van der Waals surface area contributed by atoms with Crippen molar-refractivity contribution in [3.05, 3.63) is 60.2 Å². The van der Waals surface area contributed by atoms with Crippen LogP contribution in [0.5, 0.6) is 0 Å². The zero-order chi connectivity index (χ0) is 17.4. The average Bonchev–Trinajstić information content (AvgIpc) is 3.06. The second-order valence-corrected chi connectivity index (χ2v) is 6.42. The van der Waals surface area contributed by atoms with Gasteiger partial charge < -0.3 is 9.80 Å². The molecule has 3 heterocycles. The number of aromatic nitrogens is 1. The topological polar surface area (TPSA) is 53.5 Å². The maximum absolute atomic E-state index is 13.9. The summed E-state index contributed by atoms with van der Waals surface area (Å²) >= 11 is 0. The van der Waals surface area contributed by atoms with E-state index in [-0.39, 0.29) is 29.5 Å². The fraction of sp³-hybridized carbons (Fsp3) is 0.316. The number of fused-ring (bicyclic) bond motifs is 1. The molecule has 2 aliphatic heterocycles. The highest BCUT2D eigenvalue weighted by atomic mass is 19.1. The molecule has 0 spiro atoms. The zero-order valence-electron chi connectivity index (χ0n) is 13.6. The number of halogens is 1. The van der Waals surface area contributed by atoms with Crippen molar-refractivity contribution in [1.82, 2.24) is 9.88 Å². The van der Waals surface area contributed by atoms with Crippen molar-refractivity contribution in [3.63, 3.8) is 0 Å². The molecule has 2 atom stereocenters. The third-order valence-electron chi connectivity index (χ3n) is 5.06. The predicted molar refractivity (Wildman–Crippen MR) is 90.6 cm³/mol. The highest BCUT2D eigenvalue weighted by Gasteiger charge is 2.45. The number of pyridine rings is 1. The van der Waals surface area contributed by atoms with Gasteiger partial charge in [0, 0.05) is 24.8 Å². The second kappa shape index (κ2) is 6.27. The molecule has 25 heavy (non-hydrogen) atoms. The number of anilines is 1. The summed E-state index contributed by atoms with van der Waals surface area (Å²) < 4.78 is 13.9. The van der Waals surface area contributed by atoms with Gasteiger partial charge >= 0.3 is 0 Å². The Bertz CT molecular complexity index is 811. The number of carbonyl (C=O) groups is 2. The van der Waals surface area contributed by atoms with Crippen LogP contribution in [0.15, 0.2) is 48.8 Å². The van der Waals surface area contributed by atoms with E-state index in [1.54, 1.807) is 4.90 Å². The lowest BCUT2D eigenvalue weighted by Crippen LogP contribution is -2.53. The molecule has 4 rings (SSSR count). The minimum atomic E-state index is -0.609. The molecule has 2 aromatic rings. The lowest BCUT2D eigenvalue weighted by atomic mass is 9.95. The fourth-order valence-corrected chi connectivity index (χ4v) is 3.94. The van der Waals surface area contributed by atoms with E-state index in [1.807, 2.05) is 35.2 Å². The number of para-hydroxylation sites is 1. The minimum Gasteiger partial charge on any atom is -0.333 e. The van der Waals surface area contributed by atoms with Crippen molar-refractivity contribution < 1.29 is 14.0 Å². The van der Waals surface area contributed by atoms with Crippen LogP contribution in [0, 0.1) is 5.82 Å². The predicted octanol–water partition coefficient (Wildman–Crippen LogP) is 2.63. The number of hydrogen-bond acceptors (Lipinski definition) is 3. The standard InChI is InChI=1S/C19H18FN3O2/c20-15-12-21-10-8-14(15)19(25)22-11-9-17-16(22)6-7-18(24)23(17)13-4-2-1-3-5-13/h1-5,8,10,12,16-17H,6-7,9,11H2/t16-,17-/m1/s1. The summed E-state index contributed by atoms with van der Waals surface area (Å²) in [6.45, 7) is 0.520. The molecule has 0 saturated carbocycles. The van der Waals surface area contributed by atoms with Gasteiger partial charge in [-0.3, -0.25) is 14.6 Å². The van der Waals surface area contributed by atoms with Gasteiger partial charge in [0.25, 0.3) is 5.91 Å². The van der Waals surface area contributed by atoms with E-state index in [0.717, 1.165) is 11.9 Å². The number of hydrogen-bond donors (Lipinski definition) is 0. The van der Waals surface area contributed by atoms with Gasteiger partial charge in [-0.15, -0.1) is 0 Å². The third-order valence-corrected chi connectivity index (χ3v) is 5.06. The molecule has 2 amide bonds. The molecule has 1 aromatic carbocycles. The molecule has 0 aliphatic carbocycles. The monoisotopic (exact) mass is 339 g/mol. The van der Waals surface area contributed by atoms with Gasteiger partial charge in [-0.25, -0.2) is 4.39 Å². The Kier molecular flexibility index (Phi) is 3.95. The van der Waals surface area contributed by atoms with Crippen molar-refractivity contribution in [2.75, 3.05) is 11.4 Å². The van der Waals surface area contributed by atoms with Gasteiger partial charge in [0.2, 0.25) is 5.91 Å². The molecule has 6 heteroatoms. The van der Waals surface area contributed by atoms with E-state index in [4.69, 9.17) is 0 Å². The smallest absolute Gasteiger partial charge is 0.257 e. The molecule has 128 valence electrons. The quantitative estimate of drug-likeness (QED) is 0.845. The van der Waals surface area contributed by atoms with Crippen molar-refractivity contribution in [3.8, 4) is 0 Å². The van der Waals surface area contributed by atoms with Crippen LogP contribution in [0.25, 0.3) is 0 Å². The third kappa shape index (κ3) is 2.67. The molecule has 2 fully saturated rings. The molecule has 1 aromatic heterocycles. The van der Waals surface area contributed by atoms with Crippen LogP contribution >= 0.6 is 0 Å². The van der Waals surface area contributed by atoms with Crippen LogP contribution in [0.3, 0.4) is 0 Å². The Morgan fingerprint density at radius 2 is 1.92 bits per heavy atom. The summed E-state index contributed by atoms with van der Waals surface area (Å²) in [5, 5.41) is 0. The summed E-state index contributed by atoms with van der Waals surface area (Å²) in [6.07, 6.45) is 4.18. The first-order chi connectivity index (χ1) is 12.2. The number of nitrogens with zero attached hydrogens (tertiary/aromatic N) is 3. The molecule has 0 N–H and O–H groups in total. The Hall–Kier alpha value is -2.76. The first kappa shape index (κ1) is 15.7. The van der Waals surface area contributed by atoms with E-state index >= 15 is 0 Å². The summed E-state index contributed by atoms with van der Waals surface area (Å²) in [5.74, 6) is -0.852. The van der Waals surface area contributed by atoms with Crippen molar-refractivity contribution >= 4 is 17.5 Å². The van der Waals surface area contributed by atoms with Crippen LogP contribution < -0.4 is 4.90 Å². The Balaban J connectivity index is 1.63. The van der Waals surface area contributed by atoms with Gasteiger partial charge in [0.15, 0.2) is 5.82 Å². The number of rotatable bonds is 2. The Morgan fingerprint density at radius 1 is 1.12 bits per heavy atom. The van der Waals surface area contributed by atoms with E-state index in [9.17, 15) is 14.0 Å². The largest absolute Gasteiger partial charge is 0.333 e. The van der Waals surface area contributed by atoms with Gasteiger partial charge in [-0.05, 0) is 31.0 Å². The first-order valence-electron chi connectivity index (χ1n) is 8.44. The van der Waals surface area contributed by atoms with Gasteiger partial charge in [0.1, 0.15) is 0 Å². The summed E-state index contributed by atoms with van der Waals surface area (Å²) in [5.41, 5.74) is 0.894. The van der Waals surface area contributed by atoms with Crippen LogP contribution in [-0.4, -0.2) is 40.3 Å². The molecule has 2 aliphatic rings. The van der Waals surface area contributed by atoms with Crippen LogP contribution in [-0.2, 0) is 4.79 Å². The fourth-order valence-electron chi connectivity index (χ4n) is 3.94. The van der Waals surface area contributed by atoms with E-state index < -0.39 is 5.82 Å². The molecule has 0 radical (unpaired) electrons. The maximum atomic E-state index is 13.9. The van der Waals surface area contributed by atoms with E-state index in [2.05, 4.69) is 4.98 Å². The number of amides is 2. The second-order valence-electron chi connectivity index (χ2n) is 6.42. The Morgan fingerprint density at radius 3 is 2.68 bits per heavy atom. The van der Waals surface area contributed by atoms with Crippen LogP contribution in [0.1, 0.15) is 29.6 Å². The van der Waals surface area contributed by atoms with Gasteiger partial charge in [-0.1, -0.05) is 18.2 Å². The van der Waals surface area contributed by atoms with E-state index in [1.165, 1.54) is 12.3 Å². The molecular weight excluding hydrogens is 321 g/mol.